The Morgan fingerprint density at radius 3 is 2.77 bits per heavy atom. The third-order valence-corrected chi connectivity index (χ3v) is 5.70. The minimum absolute atomic E-state index is 0.184. The van der Waals surface area contributed by atoms with Crippen molar-refractivity contribution in [2.75, 3.05) is 32.4 Å². The largest absolute Gasteiger partial charge is 0.340 e. The monoisotopic (exact) mass is 370 g/mol. The number of hydrogen-bond acceptors (Lipinski definition) is 5. The molecule has 6 heteroatoms. The summed E-state index contributed by atoms with van der Waals surface area (Å²) in [6, 6.07) is 12.8. The number of aromatic nitrogens is 2. The summed E-state index contributed by atoms with van der Waals surface area (Å²) in [6.45, 7) is 2.70. The van der Waals surface area contributed by atoms with Gasteiger partial charge in [0.2, 0.25) is 5.91 Å². The molecule has 1 aliphatic rings. The number of hydrogen-bond donors (Lipinski definition) is 0. The van der Waals surface area contributed by atoms with Crippen LogP contribution in [0, 0.1) is 0 Å². The number of benzene rings is 1. The van der Waals surface area contributed by atoms with Crippen molar-refractivity contribution in [2.24, 2.45) is 0 Å². The number of likely N-dealkylation sites (N-methyl/N-ethyl adjacent to an activating group) is 1. The molecule has 3 rings (SSSR count). The molecule has 1 aromatic heterocycles. The van der Waals surface area contributed by atoms with Gasteiger partial charge >= 0.3 is 0 Å². The van der Waals surface area contributed by atoms with Crippen LogP contribution >= 0.6 is 11.8 Å². The van der Waals surface area contributed by atoms with Gasteiger partial charge in [0.15, 0.2) is 5.16 Å². The first kappa shape index (κ1) is 18.9. The highest BCUT2D eigenvalue weighted by molar-refractivity contribution is 7.99. The third kappa shape index (κ3) is 5.54. The lowest BCUT2D eigenvalue weighted by molar-refractivity contribution is -0.130. The van der Waals surface area contributed by atoms with E-state index < -0.39 is 0 Å². The van der Waals surface area contributed by atoms with E-state index in [0.717, 1.165) is 38.9 Å². The van der Waals surface area contributed by atoms with Gasteiger partial charge in [-0.3, -0.25) is 4.79 Å². The molecular weight excluding hydrogens is 344 g/mol. The fourth-order valence-corrected chi connectivity index (χ4v) is 3.96. The zero-order valence-electron chi connectivity index (χ0n) is 15.3. The maximum Gasteiger partial charge on any atom is 0.233 e. The Kier molecular flexibility index (Phi) is 7.03. The van der Waals surface area contributed by atoms with Gasteiger partial charge < -0.3 is 9.80 Å². The Bertz CT molecular complexity index is 683. The van der Waals surface area contributed by atoms with Crippen molar-refractivity contribution in [3.63, 3.8) is 0 Å². The second-order valence-electron chi connectivity index (χ2n) is 6.67. The Labute approximate surface area is 159 Å². The van der Waals surface area contributed by atoms with E-state index in [1.54, 1.807) is 18.5 Å². The first-order chi connectivity index (χ1) is 12.7. The molecule has 1 fully saturated rings. The molecule has 1 saturated heterocycles. The Morgan fingerprint density at radius 2 is 2.00 bits per heavy atom. The lowest BCUT2D eigenvalue weighted by Gasteiger charge is -2.37. The predicted molar refractivity (Wildman–Crippen MR) is 105 cm³/mol. The van der Waals surface area contributed by atoms with Crippen LogP contribution in [-0.4, -0.2) is 64.2 Å². The van der Waals surface area contributed by atoms with Gasteiger partial charge in [0.25, 0.3) is 0 Å². The van der Waals surface area contributed by atoms with Gasteiger partial charge in [-0.25, -0.2) is 9.97 Å². The lowest BCUT2D eigenvalue weighted by Crippen LogP contribution is -2.49. The number of carbonyl (C=O) groups is 1. The number of likely N-dealkylation sites (tertiary alicyclic amines) is 1. The van der Waals surface area contributed by atoms with Crippen molar-refractivity contribution in [3.8, 4) is 0 Å². The molecule has 2 heterocycles. The van der Waals surface area contributed by atoms with Crippen LogP contribution in [0.1, 0.15) is 18.4 Å². The SMILES string of the molecule is CN(CCc1ccccc1)C1CCCN(C(=O)CSc2ncccn2)C1. The summed E-state index contributed by atoms with van der Waals surface area (Å²) in [4.78, 5) is 25.3. The van der Waals surface area contributed by atoms with Crippen LogP contribution in [0.3, 0.4) is 0 Å². The Hall–Kier alpha value is -1.92. The van der Waals surface area contributed by atoms with Crippen molar-refractivity contribution in [2.45, 2.75) is 30.5 Å². The van der Waals surface area contributed by atoms with Crippen molar-refractivity contribution in [1.29, 1.82) is 0 Å². The van der Waals surface area contributed by atoms with Crippen LogP contribution in [-0.2, 0) is 11.2 Å². The molecule has 0 spiro atoms. The van der Waals surface area contributed by atoms with Crippen LogP contribution in [0.2, 0.25) is 0 Å². The summed E-state index contributed by atoms with van der Waals surface area (Å²) < 4.78 is 0. The van der Waals surface area contributed by atoms with Crippen LogP contribution in [0.4, 0.5) is 0 Å². The zero-order chi connectivity index (χ0) is 18.2. The molecule has 0 N–H and O–H groups in total. The highest BCUT2D eigenvalue weighted by atomic mass is 32.2. The van der Waals surface area contributed by atoms with Gasteiger partial charge in [-0.05, 0) is 37.9 Å². The van der Waals surface area contributed by atoms with Gasteiger partial charge in [0.05, 0.1) is 5.75 Å². The molecule has 1 aromatic carbocycles. The molecule has 0 bridgehead atoms. The first-order valence-electron chi connectivity index (χ1n) is 9.14. The van der Waals surface area contributed by atoms with E-state index in [0.29, 0.717) is 17.0 Å². The number of carbonyl (C=O) groups excluding carboxylic acids is 1. The van der Waals surface area contributed by atoms with Gasteiger partial charge in [0.1, 0.15) is 0 Å². The smallest absolute Gasteiger partial charge is 0.233 e. The minimum atomic E-state index is 0.184. The first-order valence-corrected chi connectivity index (χ1v) is 10.1. The van der Waals surface area contributed by atoms with Crippen molar-refractivity contribution < 1.29 is 4.79 Å². The van der Waals surface area contributed by atoms with E-state index >= 15 is 0 Å². The number of piperidine rings is 1. The number of amides is 1. The quantitative estimate of drug-likeness (QED) is 0.554. The maximum atomic E-state index is 12.5. The summed E-state index contributed by atoms with van der Waals surface area (Å²) in [5.41, 5.74) is 1.36. The molecule has 1 atom stereocenters. The van der Waals surface area contributed by atoms with E-state index in [9.17, 15) is 4.79 Å². The third-order valence-electron chi connectivity index (χ3n) is 4.84. The standard InChI is InChI=1S/C20H26N4OS/c1-23(14-10-17-7-3-2-4-8-17)18-9-5-13-24(15-18)19(25)16-26-20-21-11-6-12-22-20/h2-4,6-8,11-12,18H,5,9-10,13-16H2,1H3. The molecule has 0 saturated carbocycles. The summed E-state index contributed by atoms with van der Waals surface area (Å²) in [6.07, 6.45) is 6.68. The van der Waals surface area contributed by atoms with Gasteiger partial charge in [0, 0.05) is 38.1 Å². The second-order valence-corrected chi connectivity index (χ2v) is 7.61. The Morgan fingerprint density at radius 1 is 1.23 bits per heavy atom. The Balaban J connectivity index is 1.46. The van der Waals surface area contributed by atoms with E-state index in [2.05, 4.69) is 52.2 Å². The van der Waals surface area contributed by atoms with E-state index in [1.807, 2.05) is 4.90 Å². The van der Waals surface area contributed by atoms with E-state index in [1.165, 1.54) is 17.3 Å². The average molecular weight is 371 g/mol. The normalized spacial score (nSPS) is 17.5. The van der Waals surface area contributed by atoms with Gasteiger partial charge in [-0.2, -0.15) is 0 Å². The molecule has 0 radical (unpaired) electrons. The van der Waals surface area contributed by atoms with Crippen molar-refractivity contribution in [1.82, 2.24) is 19.8 Å². The summed E-state index contributed by atoms with van der Waals surface area (Å²) >= 11 is 1.41. The van der Waals surface area contributed by atoms with Crippen LogP contribution in [0.5, 0.6) is 0 Å². The molecule has 1 aliphatic heterocycles. The van der Waals surface area contributed by atoms with Gasteiger partial charge in [-0.15, -0.1) is 0 Å². The molecule has 2 aromatic rings. The number of thioether (sulfide) groups is 1. The van der Waals surface area contributed by atoms with E-state index in [-0.39, 0.29) is 5.91 Å². The highest BCUT2D eigenvalue weighted by Crippen LogP contribution is 2.18. The van der Waals surface area contributed by atoms with Gasteiger partial charge in [-0.1, -0.05) is 42.1 Å². The molecule has 5 nitrogen and oxygen atoms in total. The summed E-state index contributed by atoms with van der Waals surface area (Å²) in [5, 5.41) is 0.661. The molecule has 1 unspecified atom stereocenters. The second kappa shape index (κ2) is 9.69. The van der Waals surface area contributed by atoms with E-state index in [4.69, 9.17) is 0 Å². The fraction of sp³-hybridized carbons (Fsp3) is 0.450. The molecule has 0 aliphatic carbocycles. The molecule has 1 amide bonds. The number of nitrogens with zero attached hydrogens (tertiary/aromatic N) is 4. The predicted octanol–water partition coefficient (Wildman–Crippen LogP) is 2.73. The fourth-order valence-electron chi connectivity index (χ4n) is 3.25. The highest BCUT2D eigenvalue weighted by Gasteiger charge is 2.26. The zero-order valence-corrected chi connectivity index (χ0v) is 16.1. The lowest BCUT2D eigenvalue weighted by atomic mass is 10.0. The average Bonchev–Trinajstić information content (AvgIpc) is 2.72. The van der Waals surface area contributed by atoms with Crippen molar-refractivity contribution in [3.05, 3.63) is 54.4 Å². The summed E-state index contributed by atoms with van der Waals surface area (Å²) in [7, 11) is 2.17. The van der Waals surface area contributed by atoms with Crippen LogP contribution < -0.4 is 0 Å². The molecular formula is C20H26N4OS. The van der Waals surface area contributed by atoms with Crippen LogP contribution in [0.25, 0.3) is 0 Å². The molecule has 26 heavy (non-hydrogen) atoms. The maximum absolute atomic E-state index is 12.5. The minimum Gasteiger partial charge on any atom is -0.340 e. The topological polar surface area (TPSA) is 49.3 Å². The van der Waals surface area contributed by atoms with Crippen LogP contribution in [0.15, 0.2) is 53.9 Å². The molecule has 138 valence electrons. The summed E-state index contributed by atoms with van der Waals surface area (Å²) in [5.74, 6) is 0.591. The number of rotatable bonds is 7. The van der Waals surface area contributed by atoms with Crippen molar-refractivity contribution >= 4 is 17.7 Å².